The Morgan fingerprint density at radius 2 is 2.00 bits per heavy atom. The van der Waals surface area contributed by atoms with Gasteiger partial charge in [0.2, 0.25) is 0 Å². The Morgan fingerprint density at radius 1 is 1.33 bits per heavy atom. The normalized spacial score (nSPS) is 11.7. The van der Waals surface area contributed by atoms with Crippen LogP contribution in [-0.2, 0) is 0 Å². The number of nitrogens with zero attached hydrogens (tertiary/aromatic N) is 1. The fourth-order valence-corrected chi connectivity index (χ4v) is 1.80. The summed E-state index contributed by atoms with van der Waals surface area (Å²) >= 11 is 3.37. The molecular formula is C11H12BrNO2. The van der Waals surface area contributed by atoms with E-state index in [0.29, 0.717) is 11.5 Å². The fraction of sp³-hybridized carbons (Fsp3) is 0.364. The largest absolute Gasteiger partial charge is 0.493 e. The molecule has 3 nitrogen and oxygen atoms in total. The summed E-state index contributed by atoms with van der Waals surface area (Å²) in [6.07, 6.45) is 0. The lowest BCUT2D eigenvalue weighted by atomic mass is 10.0. The summed E-state index contributed by atoms with van der Waals surface area (Å²) in [5.74, 6) is 1.02. The Kier molecular flexibility index (Phi) is 3.98. The van der Waals surface area contributed by atoms with Crippen LogP contribution in [0.5, 0.6) is 11.5 Å². The van der Waals surface area contributed by atoms with Crippen LogP contribution in [0.2, 0.25) is 0 Å². The van der Waals surface area contributed by atoms with Crippen molar-refractivity contribution in [3.63, 3.8) is 0 Å². The van der Waals surface area contributed by atoms with Gasteiger partial charge in [-0.2, -0.15) is 5.26 Å². The van der Waals surface area contributed by atoms with E-state index in [1.165, 1.54) is 0 Å². The molecule has 0 aliphatic carbocycles. The van der Waals surface area contributed by atoms with Crippen LogP contribution in [-0.4, -0.2) is 14.2 Å². The lowest BCUT2D eigenvalue weighted by Gasteiger charge is -2.14. The Labute approximate surface area is 97.7 Å². The molecule has 15 heavy (non-hydrogen) atoms. The number of halogens is 1. The van der Waals surface area contributed by atoms with Gasteiger partial charge >= 0.3 is 0 Å². The highest BCUT2D eigenvalue weighted by atomic mass is 79.9. The molecule has 1 unspecified atom stereocenters. The van der Waals surface area contributed by atoms with Crippen LogP contribution in [0.3, 0.4) is 0 Å². The van der Waals surface area contributed by atoms with E-state index >= 15 is 0 Å². The smallest absolute Gasteiger partial charge is 0.165 e. The summed E-state index contributed by atoms with van der Waals surface area (Å²) in [5, 5.41) is 8.90. The van der Waals surface area contributed by atoms with Gasteiger partial charge in [0, 0.05) is 10.0 Å². The third-order valence-corrected chi connectivity index (χ3v) is 2.59. The Morgan fingerprint density at radius 3 is 2.47 bits per heavy atom. The average molecular weight is 270 g/mol. The number of ether oxygens (including phenoxy) is 2. The molecule has 0 aromatic heterocycles. The van der Waals surface area contributed by atoms with Gasteiger partial charge in [0.05, 0.1) is 26.2 Å². The lowest BCUT2D eigenvalue weighted by molar-refractivity contribution is 0.351. The quantitative estimate of drug-likeness (QED) is 0.847. The van der Waals surface area contributed by atoms with Crippen molar-refractivity contribution in [3.8, 4) is 17.6 Å². The maximum absolute atomic E-state index is 8.90. The van der Waals surface area contributed by atoms with Gasteiger partial charge in [0.15, 0.2) is 11.5 Å². The summed E-state index contributed by atoms with van der Waals surface area (Å²) in [6, 6.07) is 5.86. The van der Waals surface area contributed by atoms with E-state index in [1.54, 1.807) is 14.2 Å². The van der Waals surface area contributed by atoms with Crippen molar-refractivity contribution in [1.29, 1.82) is 5.26 Å². The van der Waals surface area contributed by atoms with E-state index in [9.17, 15) is 0 Å². The zero-order chi connectivity index (χ0) is 11.4. The first-order valence-corrected chi connectivity index (χ1v) is 5.24. The second-order valence-corrected chi connectivity index (χ2v) is 4.00. The predicted molar refractivity (Wildman–Crippen MR) is 61.3 cm³/mol. The predicted octanol–water partition coefficient (Wildman–Crippen LogP) is 3.09. The minimum atomic E-state index is -0.230. The number of hydrogen-bond acceptors (Lipinski definition) is 3. The fourth-order valence-electron chi connectivity index (χ4n) is 1.35. The number of methoxy groups -OCH3 is 2. The van der Waals surface area contributed by atoms with Crippen LogP contribution < -0.4 is 9.47 Å². The first kappa shape index (κ1) is 11.9. The number of nitriles is 1. The maximum atomic E-state index is 8.90. The van der Waals surface area contributed by atoms with Crippen molar-refractivity contribution >= 4 is 15.9 Å². The van der Waals surface area contributed by atoms with Gasteiger partial charge in [0.25, 0.3) is 0 Å². The Bertz CT molecular complexity index is 398. The third kappa shape index (κ3) is 2.42. The van der Waals surface area contributed by atoms with Crippen molar-refractivity contribution in [2.24, 2.45) is 0 Å². The monoisotopic (exact) mass is 269 g/mol. The highest BCUT2D eigenvalue weighted by Gasteiger charge is 2.16. The van der Waals surface area contributed by atoms with Gasteiger partial charge in [-0.1, -0.05) is 15.9 Å². The topological polar surface area (TPSA) is 42.2 Å². The first-order chi connectivity index (χ1) is 7.13. The van der Waals surface area contributed by atoms with Gasteiger partial charge < -0.3 is 9.47 Å². The standard InChI is InChI=1S/C11H12BrNO2/c1-7(6-13)9-4-8(12)5-10(14-2)11(9)15-3/h4-5,7H,1-3H3. The zero-order valence-corrected chi connectivity index (χ0v) is 10.5. The van der Waals surface area contributed by atoms with E-state index in [0.717, 1.165) is 10.0 Å². The summed E-state index contributed by atoms with van der Waals surface area (Å²) in [6.45, 7) is 1.82. The summed E-state index contributed by atoms with van der Waals surface area (Å²) in [7, 11) is 3.14. The minimum absolute atomic E-state index is 0.230. The van der Waals surface area contributed by atoms with Crippen molar-refractivity contribution in [3.05, 3.63) is 22.2 Å². The van der Waals surface area contributed by atoms with Crippen LogP contribution >= 0.6 is 15.9 Å². The van der Waals surface area contributed by atoms with Gasteiger partial charge in [-0.05, 0) is 19.1 Å². The van der Waals surface area contributed by atoms with Crippen LogP contribution in [0.4, 0.5) is 0 Å². The average Bonchev–Trinajstić information content (AvgIpc) is 2.26. The molecular weight excluding hydrogens is 258 g/mol. The summed E-state index contributed by atoms with van der Waals surface area (Å²) < 4.78 is 11.3. The van der Waals surface area contributed by atoms with E-state index in [-0.39, 0.29) is 5.92 Å². The van der Waals surface area contributed by atoms with E-state index < -0.39 is 0 Å². The molecule has 0 radical (unpaired) electrons. The summed E-state index contributed by atoms with van der Waals surface area (Å²) in [4.78, 5) is 0. The first-order valence-electron chi connectivity index (χ1n) is 4.45. The molecule has 0 heterocycles. The van der Waals surface area contributed by atoms with Gasteiger partial charge in [-0.25, -0.2) is 0 Å². The molecule has 1 aromatic rings. The van der Waals surface area contributed by atoms with Crippen molar-refractivity contribution in [2.75, 3.05) is 14.2 Å². The molecule has 80 valence electrons. The number of rotatable bonds is 3. The Hall–Kier alpha value is -1.21. The maximum Gasteiger partial charge on any atom is 0.165 e. The van der Waals surface area contributed by atoms with Crippen molar-refractivity contribution < 1.29 is 9.47 Å². The second kappa shape index (κ2) is 5.04. The van der Waals surface area contributed by atoms with E-state index in [4.69, 9.17) is 14.7 Å². The van der Waals surface area contributed by atoms with E-state index in [2.05, 4.69) is 22.0 Å². The number of hydrogen-bond donors (Lipinski definition) is 0. The van der Waals surface area contributed by atoms with Crippen LogP contribution in [0, 0.1) is 11.3 Å². The van der Waals surface area contributed by atoms with Gasteiger partial charge in [-0.3, -0.25) is 0 Å². The molecule has 0 amide bonds. The highest BCUT2D eigenvalue weighted by molar-refractivity contribution is 9.10. The van der Waals surface area contributed by atoms with Gasteiger partial charge in [0.1, 0.15) is 0 Å². The van der Waals surface area contributed by atoms with Crippen LogP contribution in [0.25, 0.3) is 0 Å². The van der Waals surface area contributed by atoms with Crippen LogP contribution in [0.15, 0.2) is 16.6 Å². The third-order valence-electron chi connectivity index (χ3n) is 2.13. The van der Waals surface area contributed by atoms with Crippen molar-refractivity contribution in [2.45, 2.75) is 12.8 Å². The lowest BCUT2D eigenvalue weighted by Crippen LogP contribution is -1.98. The molecule has 1 atom stereocenters. The molecule has 0 fully saturated rings. The molecule has 0 spiro atoms. The molecule has 1 rings (SSSR count). The molecule has 0 N–H and O–H groups in total. The van der Waals surface area contributed by atoms with Crippen LogP contribution in [0.1, 0.15) is 18.4 Å². The molecule has 0 aliphatic heterocycles. The number of benzene rings is 1. The molecule has 4 heteroatoms. The molecule has 1 aromatic carbocycles. The van der Waals surface area contributed by atoms with Gasteiger partial charge in [-0.15, -0.1) is 0 Å². The second-order valence-electron chi connectivity index (χ2n) is 3.08. The molecule has 0 saturated heterocycles. The Balaban J connectivity index is 3.36. The SMILES string of the molecule is COc1cc(Br)cc(C(C)C#N)c1OC. The van der Waals surface area contributed by atoms with E-state index in [1.807, 2.05) is 19.1 Å². The summed E-state index contributed by atoms with van der Waals surface area (Å²) in [5.41, 5.74) is 0.825. The van der Waals surface area contributed by atoms with Crippen molar-refractivity contribution in [1.82, 2.24) is 0 Å². The highest BCUT2D eigenvalue weighted by Crippen LogP contribution is 2.38. The zero-order valence-electron chi connectivity index (χ0n) is 8.87. The molecule has 0 aliphatic rings. The molecule has 0 saturated carbocycles. The molecule has 0 bridgehead atoms. The minimum Gasteiger partial charge on any atom is -0.493 e.